The standard InChI is InChI=1S/C19H26N2O3/c1-2-19(14-22)8-12-20(13-9-19)10-5-11-21-17(23)15-6-3-4-7-16(15)18(21)24/h3-4,6-7,22H,2,5,8-14H2,1H3. The molecule has 0 spiro atoms. The molecule has 24 heavy (non-hydrogen) atoms. The molecule has 0 aromatic heterocycles. The molecule has 1 saturated heterocycles. The molecule has 5 heteroatoms. The summed E-state index contributed by atoms with van der Waals surface area (Å²) in [7, 11) is 0. The first kappa shape index (κ1) is 17.1. The Hall–Kier alpha value is -1.72. The number of hydrogen-bond donors (Lipinski definition) is 1. The van der Waals surface area contributed by atoms with Gasteiger partial charge in [-0.25, -0.2) is 0 Å². The fourth-order valence-electron chi connectivity index (χ4n) is 3.77. The van der Waals surface area contributed by atoms with E-state index in [0.29, 0.717) is 17.7 Å². The van der Waals surface area contributed by atoms with Gasteiger partial charge in [0.25, 0.3) is 11.8 Å². The van der Waals surface area contributed by atoms with E-state index in [9.17, 15) is 14.7 Å². The highest BCUT2D eigenvalue weighted by atomic mass is 16.3. The molecule has 1 N–H and O–H groups in total. The highest BCUT2D eigenvalue weighted by Crippen LogP contribution is 2.34. The minimum absolute atomic E-state index is 0.0963. The Kier molecular flexibility index (Phi) is 5.01. The van der Waals surface area contributed by atoms with Crippen LogP contribution in [0.15, 0.2) is 24.3 Å². The van der Waals surface area contributed by atoms with Crippen LogP contribution < -0.4 is 0 Å². The van der Waals surface area contributed by atoms with Gasteiger partial charge in [-0.1, -0.05) is 19.1 Å². The summed E-state index contributed by atoms with van der Waals surface area (Å²) in [5.74, 6) is -0.334. The highest BCUT2D eigenvalue weighted by molar-refractivity contribution is 6.21. The Morgan fingerprint density at radius 1 is 1.04 bits per heavy atom. The summed E-state index contributed by atoms with van der Waals surface area (Å²) in [6.45, 7) is 5.74. The van der Waals surface area contributed by atoms with Crippen LogP contribution >= 0.6 is 0 Å². The van der Waals surface area contributed by atoms with Crippen LogP contribution in [0.5, 0.6) is 0 Å². The average molecular weight is 330 g/mol. The molecule has 3 rings (SSSR count). The number of imide groups is 1. The molecule has 1 fully saturated rings. The van der Waals surface area contributed by atoms with Crippen LogP contribution in [0.3, 0.4) is 0 Å². The number of aliphatic hydroxyl groups excluding tert-OH is 1. The molecule has 1 aromatic carbocycles. The van der Waals surface area contributed by atoms with Crippen LogP contribution in [0.25, 0.3) is 0 Å². The Labute approximate surface area is 143 Å². The van der Waals surface area contributed by atoms with E-state index in [-0.39, 0.29) is 23.8 Å². The fraction of sp³-hybridized carbons (Fsp3) is 0.579. The van der Waals surface area contributed by atoms with E-state index < -0.39 is 0 Å². The number of aliphatic hydroxyl groups is 1. The summed E-state index contributed by atoms with van der Waals surface area (Å²) >= 11 is 0. The molecule has 2 aliphatic rings. The number of hydrogen-bond acceptors (Lipinski definition) is 4. The third-order valence-corrected chi connectivity index (χ3v) is 5.74. The van der Waals surface area contributed by atoms with Crippen LogP contribution in [-0.4, -0.2) is 59.5 Å². The first-order valence-corrected chi connectivity index (χ1v) is 8.89. The first-order valence-electron chi connectivity index (χ1n) is 8.89. The molecule has 2 aliphatic heterocycles. The van der Waals surface area contributed by atoms with Crippen molar-refractivity contribution in [3.8, 4) is 0 Å². The van der Waals surface area contributed by atoms with Gasteiger partial charge in [0.15, 0.2) is 0 Å². The van der Waals surface area contributed by atoms with Gasteiger partial charge < -0.3 is 10.0 Å². The largest absolute Gasteiger partial charge is 0.396 e. The van der Waals surface area contributed by atoms with E-state index >= 15 is 0 Å². The number of benzene rings is 1. The van der Waals surface area contributed by atoms with E-state index in [1.54, 1.807) is 24.3 Å². The van der Waals surface area contributed by atoms with Crippen molar-refractivity contribution in [1.29, 1.82) is 0 Å². The Morgan fingerprint density at radius 3 is 2.12 bits per heavy atom. The molecule has 0 atom stereocenters. The SMILES string of the molecule is CCC1(CO)CCN(CCCN2C(=O)c3ccccc3C2=O)CC1. The average Bonchev–Trinajstić information content (AvgIpc) is 2.88. The number of carbonyl (C=O) groups excluding carboxylic acids is 2. The van der Waals surface area contributed by atoms with Gasteiger partial charge >= 0.3 is 0 Å². The summed E-state index contributed by atoms with van der Waals surface area (Å²) in [5.41, 5.74) is 1.14. The Balaban J connectivity index is 1.48. The summed E-state index contributed by atoms with van der Waals surface area (Å²) < 4.78 is 0. The Morgan fingerprint density at radius 2 is 1.62 bits per heavy atom. The number of carbonyl (C=O) groups is 2. The van der Waals surface area contributed by atoms with E-state index in [0.717, 1.165) is 45.3 Å². The minimum atomic E-state index is -0.167. The molecular formula is C19H26N2O3. The van der Waals surface area contributed by atoms with E-state index in [1.807, 2.05) is 0 Å². The number of fused-ring (bicyclic) bond motifs is 1. The van der Waals surface area contributed by atoms with Crippen LogP contribution in [0.2, 0.25) is 0 Å². The summed E-state index contributed by atoms with van der Waals surface area (Å²) in [6, 6.07) is 7.03. The molecular weight excluding hydrogens is 304 g/mol. The van der Waals surface area contributed by atoms with Gasteiger partial charge in [-0.2, -0.15) is 0 Å². The highest BCUT2D eigenvalue weighted by Gasteiger charge is 2.35. The van der Waals surface area contributed by atoms with Gasteiger partial charge in [0.05, 0.1) is 11.1 Å². The summed E-state index contributed by atoms with van der Waals surface area (Å²) in [5, 5.41) is 9.59. The topological polar surface area (TPSA) is 60.9 Å². The maximum atomic E-state index is 12.3. The van der Waals surface area contributed by atoms with Crippen molar-refractivity contribution >= 4 is 11.8 Å². The van der Waals surface area contributed by atoms with E-state index in [4.69, 9.17) is 0 Å². The lowest BCUT2D eigenvalue weighted by Crippen LogP contribution is -2.42. The van der Waals surface area contributed by atoms with Crippen molar-refractivity contribution in [2.45, 2.75) is 32.6 Å². The fourth-order valence-corrected chi connectivity index (χ4v) is 3.77. The molecule has 0 radical (unpaired) electrons. The number of rotatable bonds is 6. The maximum Gasteiger partial charge on any atom is 0.261 e. The minimum Gasteiger partial charge on any atom is -0.396 e. The number of amides is 2. The maximum absolute atomic E-state index is 12.3. The molecule has 130 valence electrons. The molecule has 0 saturated carbocycles. The zero-order valence-corrected chi connectivity index (χ0v) is 14.3. The summed E-state index contributed by atoms with van der Waals surface area (Å²) in [4.78, 5) is 28.4. The normalized spacial score (nSPS) is 20.5. The van der Waals surface area contributed by atoms with Gasteiger partial charge in [0, 0.05) is 13.2 Å². The van der Waals surface area contributed by atoms with Crippen LogP contribution in [0, 0.1) is 5.41 Å². The lowest BCUT2D eigenvalue weighted by atomic mass is 9.77. The predicted molar refractivity (Wildman–Crippen MR) is 91.9 cm³/mol. The molecule has 0 unspecified atom stereocenters. The van der Waals surface area contributed by atoms with E-state index in [1.165, 1.54) is 4.90 Å². The van der Waals surface area contributed by atoms with Gasteiger partial charge in [0.2, 0.25) is 0 Å². The van der Waals surface area contributed by atoms with Crippen LogP contribution in [-0.2, 0) is 0 Å². The first-order chi connectivity index (χ1) is 11.6. The van der Waals surface area contributed by atoms with Crippen molar-refractivity contribution in [1.82, 2.24) is 9.80 Å². The summed E-state index contributed by atoms with van der Waals surface area (Å²) in [6.07, 6.45) is 3.86. The van der Waals surface area contributed by atoms with Gasteiger partial charge in [-0.05, 0) is 62.9 Å². The second kappa shape index (κ2) is 7.03. The van der Waals surface area contributed by atoms with Gasteiger partial charge in [0.1, 0.15) is 0 Å². The number of nitrogens with zero attached hydrogens (tertiary/aromatic N) is 2. The smallest absolute Gasteiger partial charge is 0.261 e. The molecule has 0 bridgehead atoms. The zero-order valence-electron chi connectivity index (χ0n) is 14.3. The van der Waals surface area contributed by atoms with Crippen LogP contribution in [0.1, 0.15) is 53.3 Å². The van der Waals surface area contributed by atoms with Crippen molar-refractivity contribution in [3.05, 3.63) is 35.4 Å². The molecule has 2 heterocycles. The number of likely N-dealkylation sites (tertiary alicyclic amines) is 1. The lowest BCUT2D eigenvalue weighted by molar-refractivity contribution is 0.0391. The third kappa shape index (κ3) is 3.10. The second-order valence-corrected chi connectivity index (χ2v) is 7.01. The molecule has 5 nitrogen and oxygen atoms in total. The van der Waals surface area contributed by atoms with E-state index in [2.05, 4.69) is 11.8 Å². The monoisotopic (exact) mass is 330 g/mol. The van der Waals surface area contributed by atoms with Crippen molar-refractivity contribution < 1.29 is 14.7 Å². The van der Waals surface area contributed by atoms with Crippen molar-refractivity contribution in [3.63, 3.8) is 0 Å². The zero-order chi connectivity index (χ0) is 17.2. The third-order valence-electron chi connectivity index (χ3n) is 5.74. The van der Waals surface area contributed by atoms with Crippen molar-refractivity contribution in [2.24, 2.45) is 5.41 Å². The van der Waals surface area contributed by atoms with Gasteiger partial charge in [-0.3, -0.25) is 14.5 Å². The molecule has 0 aliphatic carbocycles. The number of piperidine rings is 1. The lowest BCUT2D eigenvalue weighted by Gasteiger charge is -2.40. The molecule has 1 aromatic rings. The predicted octanol–water partition coefficient (Wildman–Crippen LogP) is 2.16. The van der Waals surface area contributed by atoms with Crippen molar-refractivity contribution in [2.75, 3.05) is 32.8 Å². The quantitative estimate of drug-likeness (QED) is 0.812. The van der Waals surface area contributed by atoms with Gasteiger partial charge in [-0.15, -0.1) is 0 Å². The Bertz CT molecular complexity index is 580. The molecule has 2 amide bonds. The van der Waals surface area contributed by atoms with Crippen LogP contribution in [0.4, 0.5) is 0 Å². The second-order valence-electron chi connectivity index (χ2n) is 7.01.